The molecule has 1 aromatic heterocycles. The maximum atomic E-state index is 12.9. The quantitative estimate of drug-likeness (QED) is 0.658. The van der Waals surface area contributed by atoms with Gasteiger partial charge in [-0.3, -0.25) is 0 Å². The number of fused-ring (bicyclic) bond motifs is 1. The SMILES string of the molecule is O=S(=O)(c1ccccc1)N1CCN(c2nc(NC3CCCC3)c3ccccc3n2)CC1. The molecule has 1 N–H and O–H groups in total. The third-order valence-corrected chi connectivity index (χ3v) is 8.10. The van der Waals surface area contributed by atoms with Crippen LogP contribution in [-0.2, 0) is 10.0 Å². The summed E-state index contributed by atoms with van der Waals surface area (Å²) in [7, 11) is -3.47. The van der Waals surface area contributed by atoms with E-state index in [2.05, 4.69) is 16.3 Å². The van der Waals surface area contributed by atoms with Crippen molar-refractivity contribution in [3.8, 4) is 0 Å². The van der Waals surface area contributed by atoms with Crippen LogP contribution in [0.25, 0.3) is 10.9 Å². The molecule has 3 aromatic rings. The molecule has 0 atom stereocenters. The first-order valence-corrected chi connectivity index (χ1v) is 12.4. The van der Waals surface area contributed by atoms with Crippen LogP contribution in [0.5, 0.6) is 0 Å². The highest BCUT2D eigenvalue weighted by molar-refractivity contribution is 7.89. The van der Waals surface area contributed by atoms with Crippen LogP contribution in [0.4, 0.5) is 11.8 Å². The van der Waals surface area contributed by atoms with Crippen LogP contribution >= 0.6 is 0 Å². The average molecular weight is 438 g/mol. The summed E-state index contributed by atoms with van der Waals surface area (Å²) in [4.78, 5) is 12.1. The number of hydrogen-bond acceptors (Lipinski definition) is 6. The fourth-order valence-electron chi connectivity index (χ4n) is 4.45. The monoisotopic (exact) mass is 437 g/mol. The van der Waals surface area contributed by atoms with Crippen LogP contribution in [0, 0.1) is 0 Å². The van der Waals surface area contributed by atoms with Crippen molar-refractivity contribution in [3.63, 3.8) is 0 Å². The highest BCUT2D eigenvalue weighted by Gasteiger charge is 2.29. The fourth-order valence-corrected chi connectivity index (χ4v) is 5.89. The van der Waals surface area contributed by atoms with Crippen molar-refractivity contribution >= 4 is 32.7 Å². The molecule has 1 aliphatic heterocycles. The van der Waals surface area contributed by atoms with Gasteiger partial charge in [-0.2, -0.15) is 9.29 Å². The van der Waals surface area contributed by atoms with E-state index in [1.54, 1.807) is 28.6 Å². The van der Waals surface area contributed by atoms with Crippen LogP contribution in [0.1, 0.15) is 25.7 Å². The Balaban J connectivity index is 1.37. The van der Waals surface area contributed by atoms with Crippen molar-refractivity contribution in [2.45, 2.75) is 36.6 Å². The van der Waals surface area contributed by atoms with Crippen molar-refractivity contribution in [3.05, 3.63) is 54.6 Å². The lowest BCUT2D eigenvalue weighted by Crippen LogP contribution is -2.49. The largest absolute Gasteiger partial charge is 0.367 e. The van der Waals surface area contributed by atoms with Crippen molar-refractivity contribution in [2.75, 3.05) is 36.4 Å². The maximum Gasteiger partial charge on any atom is 0.243 e. The number of hydrogen-bond donors (Lipinski definition) is 1. The number of nitrogens with zero attached hydrogens (tertiary/aromatic N) is 4. The van der Waals surface area contributed by atoms with E-state index in [1.165, 1.54) is 25.7 Å². The Kier molecular flexibility index (Phi) is 5.50. The molecule has 0 spiro atoms. The minimum absolute atomic E-state index is 0.341. The highest BCUT2D eigenvalue weighted by atomic mass is 32.2. The maximum absolute atomic E-state index is 12.9. The number of rotatable bonds is 5. The zero-order valence-corrected chi connectivity index (χ0v) is 18.3. The lowest BCUT2D eigenvalue weighted by atomic mass is 10.2. The topological polar surface area (TPSA) is 78.4 Å². The standard InChI is InChI=1S/C23H27N5O2S/c29-31(30,19-10-2-1-3-11-19)28-16-14-27(15-17-28)23-25-21-13-7-6-12-20(21)22(26-23)24-18-8-4-5-9-18/h1-3,6-7,10-13,18H,4-5,8-9,14-17H2,(H,24,25,26). The van der Waals surface area contributed by atoms with Crippen molar-refractivity contribution in [2.24, 2.45) is 0 Å². The number of para-hydroxylation sites is 1. The second-order valence-corrected chi connectivity index (χ2v) is 10.2. The molecule has 1 aliphatic carbocycles. The lowest BCUT2D eigenvalue weighted by Gasteiger charge is -2.34. The Morgan fingerprint density at radius 2 is 1.52 bits per heavy atom. The second kappa shape index (κ2) is 8.43. The third kappa shape index (κ3) is 4.09. The van der Waals surface area contributed by atoms with Crippen LogP contribution in [0.15, 0.2) is 59.5 Å². The van der Waals surface area contributed by atoms with Gasteiger partial charge in [-0.05, 0) is 37.1 Å². The van der Waals surface area contributed by atoms with Crippen LogP contribution in [-0.4, -0.2) is 54.9 Å². The van der Waals surface area contributed by atoms with Gasteiger partial charge in [0.05, 0.1) is 10.4 Å². The minimum Gasteiger partial charge on any atom is -0.367 e. The summed E-state index contributed by atoms with van der Waals surface area (Å²) in [6, 6.07) is 17.2. The van der Waals surface area contributed by atoms with Gasteiger partial charge in [0, 0.05) is 37.6 Å². The predicted octanol–water partition coefficient (Wildman–Crippen LogP) is 3.50. The van der Waals surface area contributed by atoms with Crippen molar-refractivity contribution < 1.29 is 8.42 Å². The molecule has 5 rings (SSSR count). The second-order valence-electron chi connectivity index (χ2n) is 8.22. The number of aromatic nitrogens is 2. The first-order chi connectivity index (χ1) is 15.1. The van der Waals surface area contributed by atoms with Crippen molar-refractivity contribution in [1.29, 1.82) is 0 Å². The summed E-state index contributed by atoms with van der Waals surface area (Å²) in [5, 5.41) is 4.66. The number of anilines is 2. The molecule has 0 radical (unpaired) electrons. The van der Waals surface area contributed by atoms with Gasteiger partial charge in [0.2, 0.25) is 16.0 Å². The third-order valence-electron chi connectivity index (χ3n) is 6.19. The average Bonchev–Trinajstić information content (AvgIpc) is 3.33. The van der Waals surface area contributed by atoms with E-state index in [-0.39, 0.29) is 0 Å². The van der Waals surface area contributed by atoms with E-state index < -0.39 is 10.0 Å². The molecule has 0 unspecified atom stereocenters. The molecule has 2 heterocycles. The summed E-state index contributed by atoms with van der Waals surface area (Å²) >= 11 is 0. The summed E-state index contributed by atoms with van der Waals surface area (Å²) < 4.78 is 27.4. The molecule has 0 amide bonds. The van der Waals surface area contributed by atoms with Crippen LogP contribution < -0.4 is 10.2 Å². The molecule has 7 nitrogen and oxygen atoms in total. The fraction of sp³-hybridized carbons (Fsp3) is 0.391. The Morgan fingerprint density at radius 1 is 0.839 bits per heavy atom. The van der Waals surface area contributed by atoms with E-state index >= 15 is 0 Å². The van der Waals surface area contributed by atoms with Crippen molar-refractivity contribution in [1.82, 2.24) is 14.3 Å². The van der Waals surface area contributed by atoms with Gasteiger partial charge in [-0.1, -0.05) is 43.2 Å². The molecule has 162 valence electrons. The Hall–Kier alpha value is -2.71. The Bertz CT molecular complexity index is 1160. The van der Waals surface area contributed by atoms with Gasteiger partial charge in [-0.25, -0.2) is 13.4 Å². The zero-order valence-electron chi connectivity index (χ0n) is 17.4. The normalized spacial score (nSPS) is 18.5. The van der Waals surface area contributed by atoms with E-state index in [0.29, 0.717) is 43.1 Å². The molecular weight excluding hydrogens is 410 g/mol. The zero-order chi connectivity index (χ0) is 21.3. The number of nitrogens with one attached hydrogen (secondary N) is 1. The molecule has 2 aromatic carbocycles. The summed E-state index contributed by atoms with van der Waals surface area (Å²) in [5.74, 6) is 1.54. The molecule has 1 saturated heterocycles. The first kappa shape index (κ1) is 20.2. The van der Waals surface area contributed by atoms with Crippen LogP contribution in [0.3, 0.4) is 0 Å². The predicted molar refractivity (Wildman–Crippen MR) is 123 cm³/mol. The molecule has 0 bridgehead atoms. The smallest absolute Gasteiger partial charge is 0.243 e. The van der Waals surface area contributed by atoms with E-state index in [9.17, 15) is 8.42 Å². The van der Waals surface area contributed by atoms with Gasteiger partial charge < -0.3 is 10.2 Å². The van der Waals surface area contributed by atoms with E-state index in [0.717, 1.165) is 16.7 Å². The van der Waals surface area contributed by atoms with Gasteiger partial charge >= 0.3 is 0 Å². The summed E-state index contributed by atoms with van der Waals surface area (Å²) in [6.07, 6.45) is 4.85. The lowest BCUT2D eigenvalue weighted by molar-refractivity contribution is 0.382. The van der Waals surface area contributed by atoms with Gasteiger partial charge in [0.15, 0.2) is 0 Å². The molecule has 31 heavy (non-hydrogen) atoms. The van der Waals surface area contributed by atoms with Crippen LogP contribution in [0.2, 0.25) is 0 Å². The van der Waals surface area contributed by atoms with Gasteiger partial charge in [0.25, 0.3) is 0 Å². The summed E-state index contributed by atoms with van der Waals surface area (Å²) in [6.45, 7) is 1.96. The first-order valence-electron chi connectivity index (χ1n) is 10.9. The molecular formula is C23H27N5O2S. The highest BCUT2D eigenvalue weighted by Crippen LogP contribution is 2.28. The minimum atomic E-state index is -3.47. The Morgan fingerprint density at radius 3 is 2.26 bits per heavy atom. The molecule has 2 aliphatic rings. The molecule has 8 heteroatoms. The van der Waals surface area contributed by atoms with Gasteiger partial charge in [-0.15, -0.1) is 0 Å². The molecule has 1 saturated carbocycles. The number of sulfonamides is 1. The number of piperazine rings is 1. The Labute approximate surface area is 183 Å². The summed E-state index contributed by atoms with van der Waals surface area (Å²) in [5.41, 5.74) is 0.910. The van der Waals surface area contributed by atoms with E-state index in [4.69, 9.17) is 9.97 Å². The van der Waals surface area contributed by atoms with E-state index in [1.807, 2.05) is 24.3 Å². The number of benzene rings is 2. The molecule has 2 fully saturated rings. The van der Waals surface area contributed by atoms with Gasteiger partial charge in [0.1, 0.15) is 5.82 Å².